The Bertz CT molecular complexity index is 256. The molecule has 0 bridgehead atoms. The van der Waals surface area contributed by atoms with Crippen LogP contribution in [-0.2, 0) is 9.59 Å². The summed E-state index contributed by atoms with van der Waals surface area (Å²) in [6.07, 6.45) is 0.112. The maximum atomic E-state index is 10.7. The third-order valence-electron chi connectivity index (χ3n) is 1.28. The maximum absolute atomic E-state index is 10.7. The number of hydrogen-bond donors (Lipinski definition) is 2. The molecule has 0 rings (SSSR count). The Labute approximate surface area is 92.3 Å². The Balaban J connectivity index is 4.59. The molecule has 0 aromatic heterocycles. The second-order valence-corrected chi connectivity index (χ2v) is 3.09. The van der Waals surface area contributed by atoms with Gasteiger partial charge in [-0.15, -0.1) is 0 Å². The first-order chi connectivity index (χ1) is 6.02. The van der Waals surface area contributed by atoms with Crippen molar-refractivity contribution >= 4 is 43.7 Å². The van der Waals surface area contributed by atoms with Crippen molar-refractivity contribution in [3.05, 3.63) is 21.1 Å². The van der Waals surface area contributed by atoms with Gasteiger partial charge >= 0.3 is 0 Å². The fourth-order valence-corrected chi connectivity index (χ4v) is 1.34. The Hall–Kier alpha value is -0.620. The van der Waals surface area contributed by atoms with E-state index in [1.165, 1.54) is 9.97 Å². The van der Waals surface area contributed by atoms with Crippen molar-refractivity contribution in [1.82, 2.24) is 0 Å². The first-order valence-electron chi connectivity index (χ1n) is 3.21. The van der Waals surface area contributed by atoms with Crippen LogP contribution in [0.4, 0.5) is 0 Å². The van der Waals surface area contributed by atoms with E-state index in [9.17, 15) is 9.59 Å². The van der Waals surface area contributed by atoms with E-state index in [2.05, 4.69) is 31.9 Å². The Morgan fingerprint density at radius 2 is 1.31 bits per heavy atom. The van der Waals surface area contributed by atoms with Gasteiger partial charge in [-0.2, -0.15) is 0 Å². The van der Waals surface area contributed by atoms with Crippen molar-refractivity contribution < 1.29 is 9.59 Å². The average molecular weight is 312 g/mol. The summed E-state index contributed by atoms with van der Waals surface area (Å²) in [4.78, 5) is 24.2. The second kappa shape index (κ2) is 5.93. The Morgan fingerprint density at radius 1 is 1.00 bits per heavy atom. The van der Waals surface area contributed by atoms with Crippen molar-refractivity contribution in [3.8, 4) is 0 Å². The highest BCUT2D eigenvalue weighted by atomic mass is 79.9. The fraction of sp³-hybridized carbons (Fsp3) is 0.143. The number of amides is 2. The molecular weight excluding hydrogens is 304 g/mol. The minimum atomic E-state index is -0.593. The number of carbonyl (C=O) groups is 2. The molecule has 0 spiro atoms. The molecule has 0 aliphatic carbocycles. The van der Waals surface area contributed by atoms with Gasteiger partial charge in [0.1, 0.15) is 0 Å². The first kappa shape index (κ1) is 12.4. The predicted octanol–water partition coefficient (Wildman–Crippen LogP) is 0.905. The van der Waals surface area contributed by atoms with Gasteiger partial charge in [0.15, 0.2) is 0 Å². The van der Waals surface area contributed by atoms with Crippen LogP contribution in [0.5, 0.6) is 0 Å². The molecule has 0 fully saturated rings. The molecule has 0 aromatic carbocycles. The van der Waals surface area contributed by atoms with Gasteiger partial charge in [-0.3, -0.25) is 9.59 Å². The van der Waals surface area contributed by atoms with Crippen LogP contribution < -0.4 is 11.5 Å². The molecule has 2 amide bonds. The summed E-state index contributed by atoms with van der Waals surface area (Å²) >= 11 is 5.93. The first-order valence-corrected chi connectivity index (χ1v) is 5.04. The van der Waals surface area contributed by atoms with Crippen LogP contribution in [0.2, 0.25) is 0 Å². The molecule has 0 aromatic rings. The fourth-order valence-electron chi connectivity index (χ4n) is 0.564. The van der Waals surface area contributed by atoms with Gasteiger partial charge in [0.25, 0.3) is 0 Å². The molecule has 0 aliphatic rings. The molecule has 0 aliphatic heterocycles. The van der Waals surface area contributed by atoms with E-state index in [0.29, 0.717) is 0 Å². The van der Waals surface area contributed by atoms with E-state index in [1.807, 2.05) is 0 Å². The van der Waals surface area contributed by atoms with Gasteiger partial charge in [-0.25, -0.2) is 0 Å². The van der Waals surface area contributed by atoms with Crippen LogP contribution in [-0.4, -0.2) is 11.8 Å². The summed E-state index contributed by atoms with van der Waals surface area (Å²) in [5.41, 5.74) is 10.6. The third kappa shape index (κ3) is 4.23. The van der Waals surface area contributed by atoms with Gasteiger partial charge in [0.2, 0.25) is 11.8 Å². The van der Waals surface area contributed by atoms with Crippen molar-refractivity contribution in [2.24, 2.45) is 11.5 Å². The molecule has 0 atom stereocenters. The molecule has 4 nitrogen and oxygen atoms in total. The minimum Gasteiger partial charge on any atom is -0.366 e. The topological polar surface area (TPSA) is 86.2 Å². The summed E-state index contributed by atoms with van der Waals surface area (Å²) in [6.45, 7) is 0. The van der Waals surface area contributed by atoms with Gasteiger partial charge in [0, 0.05) is 17.6 Å². The SMILES string of the molecule is NC(=O)C(=CBr)CC(=CBr)C(N)=O. The van der Waals surface area contributed by atoms with Crippen LogP contribution in [0.25, 0.3) is 0 Å². The number of primary amides is 2. The van der Waals surface area contributed by atoms with Gasteiger partial charge < -0.3 is 11.5 Å². The molecule has 4 N–H and O–H groups in total. The quantitative estimate of drug-likeness (QED) is 0.756. The van der Waals surface area contributed by atoms with Gasteiger partial charge in [-0.05, 0) is 9.97 Å². The van der Waals surface area contributed by atoms with E-state index in [-0.39, 0.29) is 17.6 Å². The third-order valence-corrected chi connectivity index (χ3v) is 2.38. The van der Waals surface area contributed by atoms with E-state index in [4.69, 9.17) is 11.5 Å². The minimum absolute atomic E-state index is 0.112. The molecule has 72 valence electrons. The molecule has 0 saturated carbocycles. The van der Waals surface area contributed by atoms with Crippen LogP contribution >= 0.6 is 31.9 Å². The zero-order chi connectivity index (χ0) is 10.4. The zero-order valence-corrected chi connectivity index (χ0v) is 9.76. The molecular formula is C7H8Br2N2O2. The number of halogens is 2. The summed E-state index contributed by atoms with van der Waals surface area (Å²) in [6, 6.07) is 0. The maximum Gasteiger partial charge on any atom is 0.245 e. The number of rotatable bonds is 4. The molecule has 0 unspecified atom stereocenters. The van der Waals surface area contributed by atoms with Crippen molar-refractivity contribution in [2.75, 3.05) is 0 Å². The summed E-state index contributed by atoms with van der Waals surface area (Å²) < 4.78 is 0. The lowest BCUT2D eigenvalue weighted by Gasteiger charge is -2.02. The smallest absolute Gasteiger partial charge is 0.245 e. The van der Waals surface area contributed by atoms with E-state index in [1.54, 1.807) is 0 Å². The predicted molar refractivity (Wildman–Crippen MR) is 57.0 cm³/mol. The summed E-state index contributed by atoms with van der Waals surface area (Å²) in [7, 11) is 0. The average Bonchev–Trinajstić information content (AvgIpc) is 2.05. The molecule has 0 heterocycles. The lowest BCUT2D eigenvalue weighted by atomic mass is 10.1. The lowest BCUT2D eigenvalue weighted by molar-refractivity contribution is -0.114. The molecule has 0 saturated heterocycles. The van der Waals surface area contributed by atoms with E-state index in [0.717, 1.165) is 0 Å². The highest BCUT2D eigenvalue weighted by Crippen LogP contribution is 2.13. The van der Waals surface area contributed by atoms with Crippen molar-refractivity contribution in [1.29, 1.82) is 0 Å². The van der Waals surface area contributed by atoms with E-state index >= 15 is 0 Å². The van der Waals surface area contributed by atoms with Crippen molar-refractivity contribution in [3.63, 3.8) is 0 Å². The van der Waals surface area contributed by atoms with Crippen LogP contribution in [0, 0.1) is 0 Å². The molecule has 6 heteroatoms. The Kier molecular flexibility index (Phi) is 5.65. The number of carbonyl (C=O) groups excluding carboxylic acids is 2. The molecule has 13 heavy (non-hydrogen) atoms. The zero-order valence-electron chi connectivity index (χ0n) is 6.59. The summed E-state index contributed by atoms with van der Waals surface area (Å²) in [5.74, 6) is -1.19. The highest BCUT2D eigenvalue weighted by Gasteiger charge is 2.10. The van der Waals surface area contributed by atoms with E-state index < -0.39 is 11.8 Å². The Morgan fingerprint density at radius 3 is 1.46 bits per heavy atom. The monoisotopic (exact) mass is 310 g/mol. The highest BCUT2D eigenvalue weighted by molar-refractivity contribution is 9.11. The largest absolute Gasteiger partial charge is 0.366 e. The lowest BCUT2D eigenvalue weighted by Crippen LogP contribution is -2.19. The van der Waals surface area contributed by atoms with Gasteiger partial charge in [-0.1, -0.05) is 31.9 Å². The molecule has 0 radical (unpaired) electrons. The van der Waals surface area contributed by atoms with Crippen LogP contribution in [0.3, 0.4) is 0 Å². The van der Waals surface area contributed by atoms with Crippen LogP contribution in [0.1, 0.15) is 6.42 Å². The standard InChI is InChI=1S/C7H8Br2N2O2/c8-2-4(6(10)12)1-5(3-9)7(11)13/h2-3H,1H2,(H2,10,12)(H2,11,13). The number of hydrogen-bond acceptors (Lipinski definition) is 2. The number of nitrogens with two attached hydrogens (primary N) is 2. The van der Waals surface area contributed by atoms with Crippen molar-refractivity contribution in [2.45, 2.75) is 6.42 Å². The summed E-state index contributed by atoms with van der Waals surface area (Å²) in [5, 5.41) is 0. The van der Waals surface area contributed by atoms with Crippen LogP contribution in [0.15, 0.2) is 21.1 Å². The van der Waals surface area contributed by atoms with Gasteiger partial charge in [0.05, 0.1) is 0 Å². The normalized spacial score (nSPS) is 12.8. The second-order valence-electron chi connectivity index (χ2n) is 2.17.